The van der Waals surface area contributed by atoms with Gasteiger partial charge in [-0.3, -0.25) is 4.79 Å². The van der Waals surface area contributed by atoms with Crippen molar-refractivity contribution < 1.29 is 4.79 Å². The van der Waals surface area contributed by atoms with Crippen molar-refractivity contribution in [2.75, 3.05) is 19.4 Å². The van der Waals surface area contributed by atoms with Crippen molar-refractivity contribution in [2.45, 2.75) is 4.90 Å². The van der Waals surface area contributed by atoms with Crippen molar-refractivity contribution in [2.24, 2.45) is 0 Å². The molecule has 0 fully saturated rings. The molecule has 1 amide bonds. The maximum Gasteiger partial charge on any atom is 0.263 e. The number of amides is 1. The third-order valence-electron chi connectivity index (χ3n) is 2.01. The highest BCUT2D eigenvalue weighted by Crippen LogP contribution is 2.39. The molecule has 5 heteroatoms. The molecule has 1 aliphatic rings. The summed E-state index contributed by atoms with van der Waals surface area (Å²) in [5.74, 6) is -0.0754. The van der Waals surface area contributed by atoms with E-state index in [0.29, 0.717) is 9.93 Å². The largest absolute Gasteiger partial charge is 0.382 e. The van der Waals surface area contributed by atoms with E-state index in [0.717, 1.165) is 10.6 Å². The van der Waals surface area contributed by atoms with Gasteiger partial charge >= 0.3 is 0 Å². The molecule has 0 spiro atoms. The van der Waals surface area contributed by atoms with Crippen LogP contribution in [0.15, 0.2) is 34.2 Å². The molecule has 0 atom stereocenters. The van der Waals surface area contributed by atoms with Gasteiger partial charge in [0.15, 0.2) is 0 Å². The van der Waals surface area contributed by atoms with Crippen LogP contribution >= 0.6 is 23.4 Å². The molecule has 0 bridgehead atoms. The Hall–Kier alpha value is -1.13. The van der Waals surface area contributed by atoms with Crippen LogP contribution in [-0.4, -0.2) is 24.9 Å². The Balaban J connectivity index is 2.37. The topological polar surface area (TPSA) is 32.3 Å². The molecule has 0 saturated heterocycles. The summed E-state index contributed by atoms with van der Waals surface area (Å²) in [6.45, 7) is 0. The van der Waals surface area contributed by atoms with E-state index in [4.69, 9.17) is 11.6 Å². The van der Waals surface area contributed by atoms with Crippen LogP contribution in [-0.2, 0) is 4.79 Å². The van der Waals surface area contributed by atoms with Crippen molar-refractivity contribution in [3.63, 3.8) is 0 Å². The summed E-state index contributed by atoms with van der Waals surface area (Å²) in [6.07, 6.45) is 1.80. The molecule has 2 rings (SSSR count). The maximum absolute atomic E-state index is 11.7. The van der Waals surface area contributed by atoms with Gasteiger partial charge in [0.2, 0.25) is 0 Å². The van der Waals surface area contributed by atoms with Gasteiger partial charge in [0.25, 0.3) is 5.91 Å². The van der Waals surface area contributed by atoms with Crippen molar-refractivity contribution in [3.8, 4) is 0 Å². The number of benzene rings is 1. The van der Waals surface area contributed by atoms with Crippen LogP contribution in [0.3, 0.4) is 0 Å². The molecule has 0 aliphatic carbocycles. The second-order valence-electron chi connectivity index (χ2n) is 3.65. The zero-order valence-electron chi connectivity index (χ0n) is 8.95. The fraction of sp³-hybridized carbons (Fsp3) is 0.182. The van der Waals surface area contributed by atoms with Crippen molar-refractivity contribution in [3.05, 3.63) is 34.3 Å². The van der Waals surface area contributed by atoms with Crippen LogP contribution in [0.25, 0.3) is 0 Å². The highest BCUT2D eigenvalue weighted by molar-refractivity contribution is 8.04. The van der Waals surface area contributed by atoms with Crippen LogP contribution in [0.4, 0.5) is 5.69 Å². The van der Waals surface area contributed by atoms with E-state index < -0.39 is 0 Å². The molecule has 1 aromatic carbocycles. The van der Waals surface area contributed by atoms with E-state index in [1.165, 1.54) is 11.8 Å². The van der Waals surface area contributed by atoms with Gasteiger partial charge in [-0.1, -0.05) is 23.4 Å². The Labute approximate surface area is 103 Å². The Morgan fingerprint density at radius 1 is 1.44 bits per heavy atom. The van der Waals surface area contributed by atoms with E-state index >= 15 is 0 Å². The molecule has 1 heterocycles. The summed E-state index contributed by atoms with van der Waals surface area (Å²) in [5.41, 5.74) is 0.815. The second-order valence-corrected chi connectivity index (χ2v) is 5.17. The first-order valence-electron chi connectivity index (χ1n) is 4.73. The highest BCUT2D eigenvalue weighted by Gasteiger charge is 2.21. The average Bonchev–Trinajstić information content (AvgIpc) is 2.19. The number of rotatable bonds is 1. The molecule has 84 valence electrons. The number of hydrogen-bond donors (Lipinski definition) is 1. The Kier molecular flexibility index (Phi) is 3.12. The highest BCUT2D eigenvalue weighted by atomic mass is 35.5. The van der Waals surface area contributed by atoms with Crippen LogP contribution in [0, 0.1) is 0 Å². The molecule has 1 aromatic rings. The summed E-state index contributed by atoms with van der Waals surface area (Å²) in [4.78, 5) is 15.2. The lowest BCUT2D eigenvalue weighted by molar-refractivity contribution is -0.112. The van der Waals surface area contributed by atoms with Gasteiger partial charge in [0, 0.05) is 30.2 Å². The summed E-state index contributed by atoms with van der Waals surface area (Å²) in [7, 11) is 3.77. The zero-order chi connectivity index (χ0) is 11.7. The number of hydrogen-bond acceptors (Lipinski definition) is 3. The van der Waals surface area contributed by atoms with Crippen LogP contribution in [0.2, 0.25) is 5.02 Å². The van der Waals surface area contributed by atoms with Crippen molar-refractivity contribution in [1.29, 1.82) is 0 Å². The summed E-state index contributed by atoms with van der Waals surface area (Å²) in [5, 5.41) is 3.50. The first-order valence-corrected chi connectivity index (χ1v) is 5.93. The molecule has 1 aliphatic heterocycles. The third kappa shape index (κ3) is 2.33. The number of nitrogens with one attached hydrogen (secondary N) is 1. The minimum absolute atomic E-state index is 0.0754. The minimum Gasteiger partial charge on any atom is -0.382 e. The van der Waals surface area contributed by atoms with Gasteiger partial charge in [-0.25, -0.2) is 0 Å². The van der Waals surface area contributed by atoms with Gasteiger partial charge < -0.3 is 10.2 Å². The smallest absolute Gasteiger partial charge is 0.263 e. The molecule has 0 unspecified atom stereocenters. The number of halogens is 1. The molecule has 16 heavy (non-hydrogen) atoms. The molecular weight excluding hydrogens is 244 g/mol. The fourth-order valence-electron chi connectivity index (χ4n) is 1.35. The van der Waals surface area contributed by atoms with Crippen LogP contribution in [0.1, 0.15) is 0 Å². The Bertz CT molecular complexity index is 471. The Morgan fingerprint density at radius 3 is 2.88 bits per heavy atom. The lowest BCUT2D eigenvalue weighted by Crippen LogP contribution is -2.19. The van der Waals surface area contributed by atoms with Crippen LogP contribution < -0.4 is 5.32 Å². The van der Waals surface area contributed by atoms with Gasteiger partial charge in [-0.2, -0.15) is 0 Å². The predicted molar refractivity (Wildman–Crippen MR) is 67.7 cm³/mol. The van der Waals surface area contributed by atoms with Crippen molar-refractivity contribution in [1.82, 2.24) is 4.90 Å². The minimum atomic E-state index is -0.0754. The first-order chi connectivity index (χ1) is 7.56. The van der Waals surface area contributed by atoms with Gasteiger partial charge in [-0.05, 0) is 18.2 Å². The monoisotopic (exact) mass is 254 g/mol. The zero-order valence-corrected chi connectivity index (χ0v) is 10.5. The molecule has 0 saturated carbocycles. The second kappa shape index (κ2) is 4.39. The van der Waals surface area contributed by atoms with E-state index in [-0.39, 0.29) is 5.91 Å². The van der Waals surface area contributed by atoms with E-state index in [2.05, 4.69) is 5.32 Å². The van der Waals surface area contributed by atoms with Gasteiger partial charge in [0.1, 0.15) is 0 Å². The molecular formula is C11H11ClN2OS. The third-order valence-corrected chi connectivity index (χ3v) is 3.31. The molecule has 0 radical (unpaired) electrons. The number of fused-ring (bicyclic) bond motifs is 1. The summed E-state index contributed by atoms with van der Waals surface area (Å²) in [6, 6.07) is 5.43. The van der Waals surface area contributed by atoms with E-state index in [9.17, 15) is 4.79 Å². The normalized spacial score (nSPS) is 16.9. The number of nitrogens with zero attached hydrogens (tertiary/aromatic N) is 1. The average molecular weight is 255 g/mol. The quantitative estimate of drug-likeness (QED) is 0.783. The number of carbonyl (C=O) groups is 1. The van der Waals surface area contributed by atoms with Gasteiger partial charge in [-0.15, -0.1) is 0 Å². The number of thioether (sulfide) groups is 1. The lowest BCUT2D eigenvalue weighted by Gasteiger charge is -2.19. The molecule has 3 nitrogen and oxygen atoms in total. The standard InChI is InChI=1S/C11H11ClN2OS/c1-14(2)6-10-11(15)13-8-4-3-7(12)5-9(8)16-10/h3-6H,1-2H3,(H,13,15)/b10-6-. The summed E-state index contributed by atoms with van der Waals surface area (Å²) < 4.78 is 0. The number of carbonyl (C=O) groups excluding carboxylic acids is 1. The van der Waals surface area contributed by atoms with E-state index in [1.54, 1.807) is 12.3 Å². The molecule has 0 aromatic heterocycles. The lowest BCUT2D eigenvalue weighted by atomic mass is 10.3. The number of anilines is 1. The fourth-order valence-corrected chi connectivity index (χ4v) is 2.65. The van der Waals surface area contributed by atoms with E-state index in [1.807, 2.05) is 31.1 Å². The van der Waals surface area contributed by atoms with Crippen molar-refractivity contribution >= 4 is 35.0 Å². The predicted octanol–water partition coefficient (Wildman–Crippen LogP) is 2.79. The summed E-state index contributed by atoms with van der Waals surface area (Å²) >= 11 is 7.34. The van der Waals surface area contributed by atoms with Gasteiger partial charge in [0.05, 0.1) is 10.6 Å². The SMILES string of the molecule is CN(C)/C=C1\Sc2cc(Cl)ccc2NC1=O. The Morgan fingerprint density at radius 2 is 2.19 bits per heavy atom. The first kappa shape index (κ1) is 11.4. The molecule has 1 N–H and O–H groups in total. The van der Waals surface area contributed by atoms with Crippen LogP contribution in [0.5, 0.6) is 0 Å². The maximum atomic E-state index is 11.7.